The highest BCUT2D eigenvalue weighted by molar-refractivity contribution is 7.89. The highest BCUT2D eigenvalue weighted by Gasteiger charge is 2.49. The smallest absolute Gasteiger partial charge is 0.331 e. The van der Waals surface area contributed by atoms with E-state index in [2.05, 4.69) is 9.46 Å². The van der Waals surface area contributed by atoms with Crippen molar-refractivity contribution in [3.63, 3.8) is 0 Å². The van der Waals surface area contributed by atoms with Gasteiger partial charge < -0.3 is 18.9 Å². The molecule has 2 aromatic carbocycles. The number of ether oxygens (including phenoxy) is 4. The molecule has 28 heavy (non-hydrogen) atoms. The van der Waals surface area contributed by atoms with Crippen LogP contribution in [0.3, 0.4) is 0 Å². The minimum absolute atomic E-state index is 0.167. The summed E-state index contributed by atoms with van der Waals surface area (Å²) in [6.07, 6.45) is -1.36. The number of hydrogen-bond donors (Lipinski definition) is 1. The Morgan fingerprint density at radius 3 is 2.64 bits per heavy atom. The molecule has 0 radical (unpaired) electrons. The van der Waals surface area contributed by atoms with Gasteiger partial charge in [-0.2, -0.15) is 0 Å². The molecule has 2 fully saturated rings. The molecule has 2 aliphatic rings. The Hall–Kier alpha value is -2.04. The van der Waals surface area contributed by atoms with Gasteiger partial charge in [0.1, 0.15) is 24.9 Å². The molecule has 150 valence electrons. The van der Waals surface area contributed by atoms with Gasteiger partial charge in [0, 0.05) is 0 Å². The maximum Gasteiger partial charge on any atom is 0.331 e. The van der Waals surface area contributed by atoms with Crippen molar-refractivity contribution < 1.29 is 32.2 Å². The van der Waals surface area contributed by atoms with E-state index in [1.165, 1.54) is 7.11 Å². The molecule has 2 heterocycles. The first-order valence-corrected chi connectivity index (χ1v) is 10.4. The van der Waals surface area contributed by atoms with E-state index in [-0.39, 0.29) is 24.7 Å². The molecule has 1 N–H and O–H groups in total. The van der Waals surface area contributed by atoms with Gasteiger partial charge in [-0.25, -0.2) is 17.9 Å². The van der Waals surface area contributed by atoms with Crippen LogP contribution in [0, 0.1) is 0 Å². The molecule has 8 nitrogen and oxygen atoms in total. The van der Waals surface area contributed by atoms with Gasteiger partial charge in [0.25, 0.3) is 0 Å². The number of rotatable bonds is 6. The highest BCUT2D eigenvalue weighted by Crippen LogP contribution is 2.30. The standard InChI is InChI=1S/C19H21NO7S/c1-24-17(21)11-25-16-10-27-18-15(9-26-19(16)18)20-28(22,23)14-7-6-12-4-2-3-5-13(12)8-14/h2-8,15-16,18-20H,9-11H2,1H3/t15-,16+,18+,19+/m0/s1. The lowest BCUT2D eigenvalue weighted by molar-refractivity contribution is -0.150. The summed E-state index contributed by atoms with van der Waals surface area (Å²) in [6, 6.07) is 12.0. The van der Waals surface area contributed by atoms with Gasteiger partial charge >= 0.3 is 5.97 Å². The van der Waals surface area contributed by atoms with Crippen molar-refractivity contribution >= 4 is 26.8 Å². The fourth-order valence-corrected chi connectivity index (χ4v) is 4.81. The van der Waals surface area contributed by atoms with E-state index >= 15 is 0 Å². The number of carbonyl (C=O) groups excluding carboxylic acids is 1. The number of methoxy groups -OCH3 is 1. The maximum atomic E-state index is 12.8. The summed E-state index contributed by atoms with van der Waals surface area (Å²) in [7, 11) is -2.46. The normalized spacial score (nSPS) is 27.0. The van der Waals surface area contributed by atoms with Gasteiger partial charge in [-0.05, 0) is 22.9 Å². The van der Waals surface area contributed by atoms with Crippen molar-refractivity contribution in [3.05, 3.63) is 42.5 Å². The van der Waals surface area contributed by atoms with Crippen molar-refractivity contribution in [2.45, 2.75) is 29.2 Å². The monoisotopic (exact) mass is 407 g/mol. The quantitative estimate of drug-likeness (QED) is 0.709. The van der Waals surface area contributed by atoms with Gasteiger partial charge in [0.2, 0.25) is 10.0 Å². The fraction of sp³-hybridized carbons (Fsp3) is 0.421. The molecule has 2 aromatic rings. The van der Waals surface area contributed by atoms with Crippen LogP contribution in [-0.4, -0.2) is 65.7 Å². The summed E-state index contributed by atoms with van der Waals surface area (Å²) in [5.74, 6) is -0.491. The Bertz CT molecular complexity index is 977. The molecule has 9 heteroatoms. The number of benzene rings is 2. The zero-order valence-electron chi connectivity index (χ0n) is 15.2. The third-order valence-electron chi connectivity index (χ3n) is 4.99. The van der Waals surface area contributed by atoms with Crippen LogP contribution in [0.4, 0.5) is 0 Å². The highest BCUT2D eigenvalue weighted by atomic mass is 32.2. The SMILES string of the molecule is COC(=O)CO[C@@H]1CO[C@H]2[C@@H]1OC[C@@H]2NS(=O)(=O)c1ccc2ccccc2c1. The van der Waals surface area contributed by atoms with Gasteiger partial charge in [-0.3, -0.25) is 0 Å². The molecule has 4 rings (SSSR count). The van der Waals surface area contributed by atoms with Crippen molar-refractivity contribution in [1.29, 1.82) is 0 Å². The Kier molecular flexibility index (Phi) is 5.35. The zero-order valence-corrected chi connectivity index (χ0v) is 16.1. The van der Waals surface area contributed by atoms with Crippen molar-refractivity contribution in [3.8, 4) is 0 Å². The second-order valence-electron chi connectivity index (χ2n) is 6.76. The molecule has 0 amide bonds. The fourth-order valence-electron chi connectivity index (χ4n) is 3.54. The number of hydrogen-bond acceptors (Lipinski definition) is 7. The van der Waals surface area contributed by atoms with Crippen LogP contribution >= 0.6 is 0 Å². The van der Waals surface area contributed by atoms with E-state index in [0.717, 1.165) is 10.8 Å². The van der Waals surface area contributed by atoms with E-state index in [0.29, 0.717) is 0 Å². The lowest BCUT2D eigenvalue weighted by Gasteiger charge is -2.18. The lowest BCUT2D eigenvalue weighted by atomic mass is 10.1. The van der Waals surface area contributed by atoms with Crippen LogP contribution in [-0.2, 0) is 33.8 Å². The zero-order chi connectivity index (χ0) is 19.7. The van der Waals surface area contributed by atoms with Crippen LogP contribution in [0.25, 0.3) is 10.8 Å². The number of carbonyl (C=O) groups is 1. The first-order valence-electron chi connectivity index (χ1n) is 8.91. The topological polar surface area (TPSA) is 100 Å². The van der Waals surface area contributed by atoms with E-state index in [9.17, 15) is 13.2 Å². The van der Waals surface area contributed by atoms with E-state index in [4.69, 9.17) is 14.2 Å². The Labute approximate surface area is 162 Å². The van der Waals surface area contributed by atoms with Gasteiger partial charge in [-0.15, -0.1) is 0 Å². The molecular formula is C19H21NO7S. The molecule has 0 spiro atoms. The average Bonchev–Trinajstić information content (AvgIpc) is 3.28. The summed E-state index contributed by atoms with van der Waals surface area (Å²) >= 11 is 0. The van der Waals surface area contributed by atoms with Crippen LogP contribution in [0.1, 0.15) is 0 Å². The Morgan fingerprint density at radius 2 is 1.86 bits per heavy atom. The van der Waals surface area contributed by atoms with Crippen LogP contribution in [0.15, 0.2) is 47.4 Å². The largest absolute Gasteiger partial charge is 0.467 e. The van der Waals surface area contributed by atoms with Crippen molar-refractivity contribution in [1.82, 2.24) is 4.72 Å². The molecule has 2 aliphatic heterocycles. The van der Waals surface area contributed by atoms with E-state index in [1.54, 1.807) is 18.2 Å². The molecule has 0 unspecified atom stereocenters. The number of sulfonamides is 1. The number of nitrogens with one attached hydrogen (secondary N) is 1. The average molecular weight is 407 g/mol. The second-order valence-corrected chi connectivity index (χ2v) is 8.47. The molecule has 0 aliphatic carbocycles. The van der Waals surface area contributed by atoms with Crippen LogP contribution < -0.4 is 4.72 Å². The van der Waals surface area contributed by atoms with Gasteiger partial charge in [-0.1, -0.05) is 30.3 Å². The Balaban J connectivity index is 1.44. The first kappa shape index (κ1) is 19.3. The van der Waals surface area contributed by atoms with Gasteiger partial charge in [0.15, 0.2) is 0 Å². The molecule has 2 saturated heterocycles. The molecule has 0 bridgehead atoms. The third-order valence-corrected chi connectivity index (χ3v) is 6.48. The van der Waals surface area contributed by atoms with E-state index < -0.39 is 40.3 Å². The minimum Gasteiger partial charge on any atom is -0.467 e. The van der Waals surface area contributed by atoms with Crippen molar-refractivity contribution in [2.75, 3.05) is 26.9 Å². The summed E-state index contributed by atoms with van der Waals surface area (Å²) in [5.41, 5.74) is 0. The van der Waals surface area contributed by atoms with Crippen LogP contribution in [0.2, 0.25) is 0 Å². The summed E-state index contributed by atoms with van der Waals surface area (Å²) in [4.78, 5) is 11.4. The lowest BCUT2D eigenvalue weighted by Crippen LogP contribution is -2.44. The molecular weight excluding hydrogens is 386 g/mol. The first-order chi connectivity index (χ1) is 13.5. The second kappa shape index (κ2) is 7.76. The van der Waals surface area contributed by atoms with Crippen molar-refractivity contribution in [2.24, 2.45) is 0 Å². The minimum atomic E-state index is -3.75. The predicted octanol–water partition coefficient (Wildman–Crippen LogP) is 0.843. The van der Waals surface area contributed by atoms with Gasteiger partial charge in [0.05, 0.1) is 31.3 Å². The summed E-state index contributed by atoms with van der Waals surface area (Å²) in [6.45, 7) is 0.186. The summed E-state index contributed by atoms with van der Waals surface area (Å²) in [5, 5.41) is 1.81. The maximum absolute atomic E-state index is 12.8. The van der Waals surface area contributed by atoms with Crippen LogP contribution in [0.5, 0.6) is 0 Å². The van der Waals surface area contributed by atoms with E-state index in [1.807, 2.05) is 24.3 Å². The molecule has 0 aromatic heterocycles. The summed E-state index contributed by atoms with van der Waals surface area (Å²) < 4.78 is 49.8. The third kappa shape index (κ3) is 3.76. The number of esters is 1. The number of fused-ring (bicyclic) bond motifs is 2. The molecule has 4 atom stereocenters. The molecule has 0 saturated carbocycles. The predicted molar refractivity (Wildman–Crippen MR) is 99.3 cm³/mol. The Morgan fingerprint density at radius 1 is 1.11 bits per heavy atom.